The molecule has 0 saturated heterocycles. The second-order valence-electron chi connectivity index (χ2n) is 4.93. The Morgan fingerprint density at radius 2 is 2.00 bits per heavy atom. The molecule has 0 fully saturated rings. The summed E-state index contributed by atoms with van der Waals surface area (Å²) in [5, 5.41) is 10.4. The average molecular weight is 206 g/mol. The van der Waals surface area contributed by atoms with Gasteiger partial charge in [-0.3, -0.25) is 0 Å². The van der Waals surface area contributed by atoms with Crippen molar-refractivity contribution in [1.29, 1.82) is 0 Å². The molecular weight excluding hydrogens is 184 g/mol. The van der Waals surface area contributed by atoms with Crippen molar-refractivity contribution in [2.45, 2.75) is 46.1 Å². The quantitative estimate of drug-likeness (QED) is 0.799. The highest BCUT2D eigenvalue weighted by Gasteiger charge is 2.24. The SMILES string of the molecule is CCc1cccc(C(C)(O)CC(C)C)c1. The molecule has 1 unspecified atom stereocenters. The summed E-state index contributed by atoms with van der Waals surface area (Å²) in [6.45, 7) is 8.31. The van der Waals surface area contributed by atoms with E-state index in [0.717, 1.165) is 18.4 Å². The fourth-order valence-electron chi connectivity index (χ4n) is 2.04. The van der Waals surface area contributed by atoms with Gasteiger partial charge in [-0.1, -0.05) is 45.0 Å². The molecule has 0 aliphatic heterocycles. The maximum atomic E-state index is 10.4. The molecule has 0 saturated carbocycles. The van der Waals surface area contributed by atoms with Crippen LogP contribution in [0.3, 0.4) is 0 Å². The molecule has 15 heavy (non-hydrogen) atoms. The van der Waals surface area contributed by atoms with Crippen molar-refractivity contribution in [1.82, 2.24) is 0 Å². The van der Waals surface area contributed by atoms with E-state index < -0.39 is 5.60 Å². The molecule has 0 aromatic heterocycles. The van der Waals surface area contributed by atoms with Gasteiger partial charge in [-0.15, -0.1) is 0 Å². The van der Waals surface area contributed by atoms with Crippen LogP contribution in [0, 0.1) is 5.92 Å². The van der Waals surface area contributed by atoms with Crippen LogP contribution < -0.4 is 0 Å². The maximum Gasteiger partial charge on any atom is 0.0871 e. The van der Waals surface area contributed by atoms with E-state index in [9.17, 15) is 5.11 Å². The van der Waals surface area contributed by atoms with Gasteiger partial charge in [-0.05, 0) is 36.8 Å². The van der Waals surface area contributed by atoms with Gasteiger partial charge in [0.1, 0.15) is 0 Å². The lowest BCUT2D eigenvalue weighted by Gasteiger charge is -2.26. The summed E-state index contributed by atoms with van der Waals surface area (Å²) in [6.07, 6.45) is 1.83. The van der Waals surface area contributed by atoms with Gasteiger partial charge < -0.3 is 5.11 Å². The molecule has 1 nitrogen and oxygen atoms in total. The lowest BCUT2D eigenvalue weighted by molar-refractivity contribution is 0.0348. The summed E-state index contributed by atoms with van der Waals surface area (Å²) in [5.41, 5.74) is 1.63. The number of hydrogen-bond donors (Lipinski definition) is 1. The zero-order valence-electron chi connectivity index (χ0n) is 10.2. The predicted octanol–water partition coefficient (Wildman–Crippen LogP) is 3.50. The second-order valence-corrected chi connectivity index (χ2v) is 4.93. The lowest BCUT2D eigenvalue weighted by atomic mass is 9.86. The number of aryl methyl sites for hydroxylation is 1. The molecule has 0 aliphatic carbocycles. The van der Waals surface area contributed by atoms with Crippen LogP contribution in [-0.4, -0.2) is 5.11 Å². The van der Waals surface area contributed by atoms with Crippen molar-refractivity contribution in [2.24, 2.45) is 5.92 Å². The standard InChI is InChI=1S/C14H22O/c1-5-12-7-6-8-13(9-12)14(4,15)10-11(2)3/h6-9,11,15H,5,10H2,1-4H3. The minimum absolute atomic E-state index is 0.505. The van der Waals surface area contributed by atoms with Gasteiger partial charge >= 0.3 is 0 Å². The van der Waals surface area contributed by atoms with Crippen molar-refractivity contribution in [3.63, 3.8) is 0 Å². The van der Waals surface area contributed by atoms with Crippen LogP contribution >= 0.6 is 0 Å². The Kier molecular flexibility index (Phi) is 3.92. The molecule has 84 valence electrons. The summed E-state index contributed by atoms with van der Waals surface area (Å²) >= 11 is 0. The van der Waals surface area contributed by atoms with E-state index in [0.29, 0.717) is 5.92 Å². The lowest BCUT2D eigenvalue weighted by Crippen LogP contribution is -2.23. The fraction of sp³-hybridized carbons (Fsp3) is 0.571. The number of benzene rings is 1. The van der Waals surface area contributed by atoms with Crippen LogP contribution in [0.25, 0.3) is 0 Å². The highest BCUT2D eigenvalue weighted by Crippen LogP contribution is 2.28. The Balaban J connectivity index is 2.93. The number of rotatable bonds is 4. The van der Waals surface area contributed by atoms with Gasteiger partial charge in [0, 0.05) is 0 Å². The molecule has 0 spiro atoms. The van der Waals surface area contributed by atoms with Gasteiger partial charge in [-0.2, -0.15) is 0 Å². The summed E-state index contributed by atoms with van der Waals surface area (Å²) in [7, 11) is 0. The van der Waals surface area contributed by atoms with E-state index >= 15 is 0 Å². The Morgan fingerprint density at radius 3 is 2.53 bits per heavy atom. The van der Waals surface area contributed by atoms with Crippen molar-refractivity contribution in [3.8, 4) is 0 Å². The van der Waals surface area contributed by atoms with Crippen LogP contribution in [-0.2, 0) is 12.0 Å². The maximum absolute atomic E-state index is 10.4. The first kappa shape index (κ1) is 12.3. The van der Waals surface area contributed by atoms with E-state index in [1.807, 2.05) is 19.1 Å². The zero-order chi connectivity index (χ0) is 11.5. The van der Waals surface area contributed by atoms with Crippen molar-refractivity contribution in [3.05, 3.63) is 35.4 Å². The third-order valence-corrected chi connectivity index (χ3v) is 2.76. The van der Waals surface area contributed by atoms with Gasteiger partial charge in [0.05, 0.1) is 5.60 Å². The van der Waals surface area contributed by atoms with Gasteiger partial charge in [0.25, 0.3) is 0 Å². The number of hydrogen-bond acceptors (Lipinski definition) is 1. The summed E-state index contributed by atoms with van der Waals surface area (Å²) < 4.78 is 0. The van der Waals surface area contributed by atoms with Crippen LogP contribution in [0.1, 0.15) is 45.2 Å². The van der Waals surface area contributed by atoms with Crippen molar-refractivity contribution in [2.75, 3.05) is 0 Å². The first-order chi connectivity index (χ1) is 6.95. The zero-order valence-corrected chi connectivity index (χ0v) is 10.2. The third-order valence-electron chi connectivity index (χ3n) is 2.76. The predicted molar refractivity (Wildman–Crippen MR) is 64.8 cm³/mol. The molecule has 0 amide bonds. The average Bonchev–Trinajstić information content (AvgIpc) is 2.16. The van der Waals surface area contributed by atoms with Crippen LogP contribution in [0.5, 0.6) is 0 Å². The molecule has 1 N–H and O–H groups in total. The van der Waals surface area contributed by atoms with Crippen LogP contribution in [0.15, 0.2) is 24.3 Å². The highest BCUT2D eigenvalue weighted by atomic mass is 16.3. The molecule has 1 aromatic rings. The largest absolute Gasteiger partial charge is 0.385 e. The normalized spacial score (nSPS) is 15.3. The summed E-state index contributed by atoms with van der Waals surface area (Å²) in [6, 6.07) is 8.27. The third kappa shape index (κ3) is 3.35. The Hall–Kier alpha value is -0.820. The monoisotopic (exact) mass is 206 g/mol. The minimum atomic E-state index is -0.695. The van der Waals surface area contributed by atoms with Crippen LogP contribution in [0.4, 0.5) is 0 Å². The van der Waals surface area contributed by atoms with Crippen LogP contribution in [0.2, 0.25) is 0 Å². The van der Waals surface area contributed by atoms with E-state index in [1.54, 1.807) is 0 Å². The Morgan fingerprint density at radius 1 is 1.33 bits per heavy atom. The van der Waals surface area contributed by atoms with E-state index in [-0.39, 0.29) is 0 Å². The van der Waals surface area contributed by atoms with E-state index in [1.165, 1.54) is 5.56 Å². The van der Waals surface area contributed by atoms with Gasteiger partial charge in [0.15, 0.2) is 0 Å². The molecular formula is C14H22O. The van der Waals surface area contributed by atoms with Crippen molar-refractivity contribution >= 4 is 0 Å². The van der Waals surface area contributed by atoms with Gasteiger partial charge in [0.2, 0.25) is 0 Å². The minimum Gasteiger partial charge on any atom is -0.385 e. The highest BCUT2D eigenvalue weighted by molar-refractivity contribution is 5.27. The molecule has 0 bridgehead atoms. The summed E-state index contributed by atoms with van der Waals surface area (Å²) in [5.74, 6) is 0.505. The molecule has 1 heteroatoms. The first-order valence-corrected chi connectivity index (χ1v) is 5.77. The molecule has 1 rings (SSSR count). The topological polar surface area (TPSA) is 20.2 Å². The fourth-order valence-corrected chi connectivity index (χ4v) is 2.04. The Labute approximate surface area is 93.1 Å². The Bertz CT molecular complexity index is 313. The smallest absolute Gasteiger partial charge is 0.0871 e. The van der Waals surface area contributed by atoms with E-state index in [4.69, 9.17) is 0 Å². The summed E-state index contributed by atoms with van der Waals surface area (Å²) in [4.78, 5) is 0. The number of aliphatic hydroxyl groups is 1. The van der Waals surface area contributed by atoms with Gasteiger partial charge in [-0.25, -0.2) is 0 Å². The van der Waals surface area contributed by atoms with E-state index in [2.05, 4.69) is 32.9 Å². The molecule has 1 aromatic carbocycles. The molecule has 1 atom stereocenters. The van der Waals surface area contributed by atoms with Crippen molar-refractivity contribution < 1.29 is 5.11 Å². The molecule has 0 aliphatic rings. The molecule has 0 heterocycles. The second kappa shape index (κ2) is 4.80. The molecule has 0 radical (unpaired) electrons. The first-order valence-electron chi connectivity index (χ1n) is 5.77.